The highest BCUT2D eigenvalue weighted by Gasteiger charge is 2.42. The average molecular weight is 389 g/mol. The first-order valence-corrected chi connectivity index (χ1v) is 9.59. The maximum atomic E-state index is 12.9. The third-order valence-corrected chi connectivity index (χ3v) is 5.84. The van der Waals surface area contributed by atoms with Crippen LogP contribution < -0.4 is 4.74 Å². The summed E-state index contributed by atoms with van der Waals surface area (Å²) in [4.78, 5) is 15.4. The molecule has 28 heavy (non-hydrogen) atoms. The summed E-state index contributed by atoms with van der Waals surface area (Å²) in [5.74, 6) is -0.351. The molecule has 148 valence electrons. The van der Waals surface area contributed by atoms with Crippen molar-refractivity contribution in [3.8, 4) is 5.75 Å². The largest absolute Gasteiger partial charge is 0.573 e. The maximum absolute atomic E-state index is 12.9. The van der Waals surface area contributed by atoms with E-state index in [1.807, 2.05) is 18.2 Å². The second-order valence-electron chi connectivity index (χ2n) is 7.65. The van der Waals surface area contributed by atoms with E-state index in [4.69, 9.17) is 0 Å². The lowest BCUT2D eigenvalue weighted by Crippen LogP contribution is -2.44. The van der Waals surface area contributed by atoms with E-state index in [-0.39, 0.29) is 17.5 Å². The molecule has 0 saturated carbocycles. The second-order valence-corrected chi connectivity index (χ2v) is 7.65. The molecule has 2 fully saturated rings. The van der Waals surface area contributed by atoms with E-state index in [1.54, 1.807) is 0 Å². The number of carbonyl (C=O) groups excluding carboxylic acids is 1. The van der Waals surface area contributed by atoms with Gasteiger partial charge in [0, 0.05) is 30.1 Å². The van der Waals surface area contributed by atoms with Gasteiger partial charge in [-0.3, -0.25) is 9.69 Å². The van der Waals surface area contributed by atoms with Gasteiger partial charge in [0.15, 0.2) is 5.78 Å². The number of hydrogen-bond donors (Lipinski definition) is 0. The number of halogens is 3. The van der Waals surface area contributed by atoms with Crippen molar-refractivity contribution in [2.45, 2.75) is 50.7 Å². The topological polar surface area (TPSA) is 29.5 Å². The first-order chi connectivity index (χ1) is 13.4. The molecule has 6 heteroatoms. The number of alkyl halides is 3. The number of rotatable bonds is 5. The van der Waals surface area contributed by atoms with Gasteiger partial charge in [0.1, 0.15) is 5.75 Å². The highest BCUT2D eigenvalue weighted by atomic mass is 19.4. The Morgan fingerprint density at radius 3 is 2.14 bits per heavy atom. The zero-order valence-corrected chi connectivity index (χ0v) is 15.4. The maximum Gasteiger partial charge on any atom is 0.573 e. The van der Waals surface area contributed by atoms with Gasteiger partial charge in [0.05, 0.1) is 0 Å². The molecular weight excluding hydrogens is 367 g/mol. The van der Waals surface area contributed by atoms with Crippen molar-refractivity contribution in [2.24, 2.45) is 5.92 Å². The normalized spacial score (nSPS) is 24.9. The molecule has 2 heterocycles. The summed E-state index contributed by atoms with van der Waals surface area (Å²) in [6.07, 6.45) is -0.915. The van der Waals surface area contributed by atoms with Crippen molar-refractivity contribution in [3.05, 3.63) is 65.7 Å². The van der Waals surface area contributed by atoms with Crippen molar-refractivity contribution in [2.75, 3.05) is 0 Å². The minimum absolute atomic E-state index is 0.0230. The number of benzene rings is 2. The number of ether oxygens (including phenoxy) is 1. The van der Waals surface area contributed by atoms with Crippen molar-refractivity contribution in [3.63, 3.8) is 0 Å². The summed E-state index contributed by atoms with van der Waals surface area (Å²) in [6, 6.07) is 16.4. The van der Waals surface area contributed by atoms with Gasteiger partial charge in [-0.1, -0.05) is 30.3 Å². The van der Waals surface area contributed by atoms with Crippen LogP contribution in [0.3, 0.4) is 0 Å². The van der Waals surface area contributed by atoms with E-state index in [9.17, 15) is 18.0 Å². The highest BCUT2D eigenvalue weighted by Crippen LogP contribution is 2.40. The van der Waals surface area contributed by atoms with Crippen LogP contribution in [-0.2, 0) is 6.54 Å². The van der Waals surface area contributed by atoms with E-state index in [1.165, 1.54) is 29.8 Å². The Morgan fingerprint density at radius 1 is 0.964 bits per heavy atom. The molecule has 0 spiro atoms. The highest BCUT2D eigenvalue weighted by molar-refractivity contribution is 5.98. The second kappa shape index (κ2) is 7.59. The molecular formula is C22H22F3NO2. The van der Waals surface area contributed by atoms with E-state index in [0.29, 0.717) is 17.6 Å². The fourth-order valence-corrected chi connectivity index (χ4v) is 4.60. The Morgan fingerprint density at radius 2 is 1.57 bits per heavy atom. The molecule has 2 aromatic carbocycles. The summed E-state index contributed by atoms with van der Waals surface area (Å²) >= 11 is 0. The van der Waals surface area contributed by atoms with Crippen LogP contribution in [-0.4, -0.2) is 29.1 Å². The molecule has 0 aromatic heterocycles. The molecule has 2 aliphatic rings. The first-order valence-electron chi connectivity index (χ1n) is 9.59. The third-order valence-electron chi connectivity index (χ3n) is 5.84. The van der Waals surface area contributed by atoms with Crippen LogP contribution >= 0.6 is 0 Å². The molecule has 2 aliphatic heterocycles. The van der Waals surface area contributed by atoms with Crippen molar-refractivity contribution < 1.29 is 22.7 Å². The predicted molar refractivity (Wildman–Crippen MR) is 99.0 cm³/mol. The summed E-state index contributed by atoms with van der Waals surface area (Å²) in [5, 5.41) is 0. The van der Waals surface area contributed by atoms with Gasteiger partial charge in [-0.25, -0.2) is 0 Å². The van der Waals surface area contributed by atoms with E-state index in [2.05, 4.69) is 21.8 Å². The minimum Gasteiger partial charge on any atom is -0.406 e. The van der Waals surface area contributed by atoms with Gasteiger partial charge < -0.3 is 4.74 Å². The van der Waals surface area contributed by atoms with Crippen LogP contribution in [0.5, 0.6) is 5.75 Å². The van der Waals surface area contributed by atoms with Gasteiger partial charge >= 0.3 is 6.36 Å². The summed E-state index contributed by atoms with van der Waals surface area (Å²) < 4.78 is 40.7. The smallest absolute Gasteiger partial charge is 0.406 e. The monoisotopic (exact) mass is 389 g/mol. The van der Waals surface area contributed by atoms with Crippen molar-refractivity contribution >= 4 is 5.78 Å². The molecule has 2 aromatic rings. The Kier molecular flexibility index (Phi) is 5.15. The lowest BCUT2D eigenvalue weighted by molar-refractivity contribution is -0.274. The Hall–Kier alpha value is -2.34. The van der Waals surface area contributed by atoms with E-state index in [0.717, 1.165) is 32.2 Å². The van der Waals surface area contributed by atoms with E-state index < -0.39 is 6.36 Å². The molecule has 3 nitrogen and oxygen atoms in total. The number of nitrogens with zero attached hydrogens (tertiary/aromatic N) is 1. The number of carbonyl (C=O) groups is 1. The molecule has 4 rings (SSSR count). The van der Waals surface area contributed by atoms with Crippen LogP contribution in [0.15, 0.2) is 54.6 Å². The van der Waals surface area contributed by atoms with Crippen LogP contribution in [0.25, 0.3) is 0 Å². The quantitative estimate of drug-likeness (QED) is 0.658. The summed E-state index contributed by atoms with van der Waals surface area (Å²) in [7, 11) is 0. The standard InChI is InChI=1S/C22H22F3NO2/c23-22(24,25)28-20-10-6-16(7-11-20)21(27)17-12-18-8-9-19(13-17)26(18)14-15-4-2-1-3-5-15/h1-7,10-11,17-19H,8-9,12-14H2. The lowest BCUT2D eigenvalue weighted by Gasteiger charge is -2.38. The van der Waals surface area contributed by atoms with Gasteiger partial charge in [0.25, 0.3) is 0 Å². The lowest BCUT2D eigenvalue weighted by atomic mass is 9.84. The fraction of sp³-hybridized carbons (Fsp3) is 0.409. The third kappa shape index (κ3) is 4.22. The van der Waals surface area contributed by atoms with Gasteiger partial charge in [-0.05, 0) is 55.5 Å². The SMILES string of the molecule is O=C(c1ccc(OC(F)(F)F)cc1)C1CC2CCC(C1)N2Cc1ccccc1. The molecule has 0 amide bonds. The molecule has 0 N–H and O–H groups in total. The van der Waals surface area contributed by atoms with Crippen LogP contribution in [0.4, 0.5) is 13.2 Å². The minimum atomic E-state index is -4.73. The zero-order chi connectivity index (χ0) is 19.7. The molecule has 2 atom stereocenters. The number of ketones is 1. The van der Waals surface area contributed by atoms with Gasteiger partial charge in [-0.2, -0.15) is 0 Å². The number of hydrogen-bond acceptors (Lipinski definition) is 3. The number of Topliss-reactive ketones (excluding diaryl/α,β-unsaturated/α-hetero) is 1. The predicted octanol–water partition coefficient (Wildman–Crippen LogP) is 5.21. The van der Waals surface area contributed by atoms with Crippen molar-refractivity contribution in [1.29, 1.82) is 0 Å². The Balaban J connectivity index is 1.41. The van der Waals surface area contributed by atoms with Crippen LogP contribution in [0.2, 0.25) is 0 Å². The van der Waals surface area contributed by atoms with Gasteiger partial charge in [0.2, 0.25) is 0 Å². The molecule has 2 saturated heterocycles. The molecule has 2 bridgehead atoms. The summed E-state index contributed by atoms with van der Waals surface area (Å²) in [5.41, 5.74) is 1.74. The first kappa shape index (κ1) is 19.0. The van der Waals surface area contributed by atoms with Gasteiger partial charge in [-0.15, -0.1) is 13.2 Å². The number of fused-ring (bicyclic) bond motifs is 2. The molecule has 2 unspecified atom stereocenters. The zero-order valence-electron chi connectivity index (χ0n) is 15.4. The Bertz CT molecular complexity index is 806. The van der Waals surface area contributed by atoms with Crippen LogP contribution in [0, 0.1) is 5.92 Å². The number of piperidine rings is 1. The average Bonchev–Trinajstić information content (AvgIpc) is 2.89. The molecule has 0 aliphatic carbocycles. The van der Waals surface area contributed by atoms with E-state index >= 15 is 0 Å². The van der Waals surface area contributed by atoms with Crippen molar-refractivity contribution in [1.82, 2.24) is 4.90 Å². The fourth-order valence-electron chi connectivity index (χ4n) is 4.60. The summed E-state index contributed by atoms with van der Waals surface area (Å²) in [6.45, 7) is 0.903. The Labute approximate surface area is 162 Å². The molecule has 0 radical (unpaired) electrons. The van der Waals surface area contributed by atoms with Crippen LogP contribution in [0.1, 0.15) is 41.6 Å².